The Morgan fingerprint density at radius 2 is 2.29 bits per heavy atom. The van der Waals surface area contributed by atoms with E-state index in [2.05, 4.69) is 15.9 Å². The summed E-state index contributed by atoms with van der Waals surface area (Å²) in [5.74, 6) is -0.310. The Bertz CT molecular complexity index is 339. The van der Waals surface area contributed by atoms with Crippen LogP contribution in [0, 0.1) is 0 Å². The zero-order valence-corrected chi connectivity index (χ0v) is 9.50. The number of hydrogen-bond donors (Lipinski definition) is 0. The number of benzene rings is 1. The SMILES string of the molecule is [B]Cc1cc(C(=O)OCC)ccc1Br. The first kappa shape index (κ1) is 11.3. The maximum absolute atomic E-state index is 11.3. The Labute approximate surface area is 93.2 Å². The standard InChI is InChI=1S/C10H10BBrO2/c1-2-14-10(13)7-3-4-9(12)8(5-7)6-11/h3-5H,2,6H2,1H3. The molecule has 0 saturated carbocycles. The molecule has 0 aliphatic carbocycles. The largest absolute Gasteiger partial charge is 0.462 e. The van der Waals surface area contributed by atoms with Crippen LogP contribution < -0.4 is 0 Å². The van der Waals surface area contributed by atoms with E-state index >= 15 is 0 Å². The second-order valence-corrected chi connectivity index (χ2v) is 3.59. The monoisotopic (exact) mass is 252 g/mol. The number of rotatable bonds is 3. The van der Waals surface area contributed by atoms with Crippen LogP contribution in [-0.4, -0.2) is 20.4 Å². The molecule has 0 spiro atoms. The average molecular weight is 253 g/mol. The molecule has 0 heterocycles. The molecule has 0 aliphatic heterocycles. The van der Waals surface area contributed by atoms with Gasteiger partial charge in [0.05, 0.1) is 20.0 Å². The molecule has 14 heavy (non-hydrogen) atoms. The molecule has 0 saturated heterocycles. The van der Waals surface area contributed by atoms with E-state index < -0.39 is 0 Å². The van der Waals surface area contributed by atoms with Crippen molar-refractivity contribution in [3.05, 3.63) is 33.8 Å². The van der Waals surface area contributed by atoms with Gasteiger partial charge in [-0.15, -0.1) is 0 Å². The van der Waals surface area contributed by atoms with Crippen molar-refractivity contribution >= 4 is 29.7 Å². The van der Waals surface area contributed by atoms with Crippen molar-refractivity contribution in [2.24, 2.45) is 0 Å². The van der Waals surface area contributed by atoms with Crippen LogP contribution >= 0.6 is 15.9 Å². The molecule has 0 bridgehead atoms. The highest BCUT2D eigenvalue weighted by molar-refractivity contribution is 9.10. The highest BCUT2D eigenvalue weighted by atomic mass is 79.9. The first-order valence-corrected chi connectivity index (χ1v) is 5.14. The lowest BCUT2D eigenvalue weighted by Crippen LogP contribution is -2.05. The Hall–Kier alpha value is -0.765. The highest BCUT2D eigenvalue weighted by Gasteiger charge is 2.07. The lowest BCUT2D eigenvalue weighted by atomic mass is 9.96. The summed E-state index contributed by atoms with van der Waals surface area (Å²) in [6.07, 6.45) is 0.397. The van der Waals surface area contributed by atoms with E-state index in [-0.39, 0.29) is 5.97 Å². The van der Waals surface area contributed by atoms with E-state index in [4.69, 9.17) is 12.6 Å². The molecular weight excluding hydrogens is 243 g/mol. The molecule has 2 nitrogen and oxygen atoms in total. The molecule has 0 N–H and O–H groups in total. The number of halogens is 1. The first-order valence-electron chi connectivity index (χ1n) is 4.34. The third-order valence-corrected chi connectivity index (χ3v) is 2.55. The van der Waals surface area contributed by atoms with E-state index in [1.54, 1.807) is 25.1 Å². The van der Waals surface area contributed by atoms with Gasteiger partial charge in [0.25, 0.3) is 0 Å². The third kappa shape index (κ3) is 2.61. The van der Waals surface area contributed by atoms with Gasteiger partial charge in [-0.1, -0.05) is 22.3 Å². The van der Waals surface area contributed by atoms with Gasteiger partial charge >= 0.3 is 5.97 Å². The van der Waals surface area contributed by atoms with Gasteiger partial charge in [-0.2, -0.15) is 0 Å². The number of esters is 1. The third-order valence-electron chi connectivity index (χ3n) is 1.78. The summed E-state index contributed by atoms with van der Waals surface area (Å²) in [5, 5.41) is 0. The van der Waals surface area contributed by atoms with Crippen LogP contribution in [0.2, 0.25) is 0 Å². The summed E-state index contributed by atoms with van der Waals surface area (Å²) in [6, 6.07) is 5.25. The molecule has 0 amide bonds. The van der Waals surface area contributed by atoms with Crippen molar-refractivity contribution in [3.63, 3.8) is 0 Å². The molecule has 0 aromatic heterocycles. The fraction of sp³-hybridized carbons (Fsp3) is 0.300. The van der Waals surface area contributed by atoms with Crippen molar-refractivity contribution in [2.75, 3.05) is 6.61 Å². The maximum Gasteiger partial charge on any atom is 0.338 e. The van der Waals surface area contributed by atoms with Gasteiger partial charge in [-0.05, 0) is 30.7 Å². The molecule has 0 fully saturated rings. The van der Waals surface area contributed by atoms with Gasteiger partial charge in [-0.3, -0.25) is 0 Å². The van der Waals surface area contributed by atoms with E-state index in [1.807, 2.05) is 0 Å². The zero-order valence-electron chi connectivity index (χ0n) is 7.92. The van der Waals surface area contributed by atoms with Crippen molar-refractivity contribution in [1.29, 1.82) is 0 Å². The fourth-order valence-electron chi connectivity index (χ4n) is 1.07. The average Bonchev–Trinajstić information content (AvgIpc) is 2.19. The smallest absolute Gasteiger partial charge is 0.338 e. The van der Waals surface area contributed by atoms with E-state index in [0.29, 0.717) is 18.5 Å². The van der Waals surface area contributed by atoms with Crippen LogP contribution in [0.25, 0.3) is 0 Å². The first-order chi connectivity index (χ1) is 6.69. The Morgan fingerprint density at radius 1 is 1.57 bits per heavy atom. The van der Waals surface area contributed by atoms with Crippen molar-refractivity contribution < 1.29 is 9.53 Å². The van der Waals surface area contributed by atoms with Crippen molar-refractivity contribution in [2.45, 2.75) is 13.2 Å². The maximum atomic E-state index is 11.3. The lowest BCUT2D eigenvalue weighted by Gasteiger charge is -2.05. The van der Waals surface area contributed by atoms with E-state index in [0.717, 1.165) is 10.0 Å². The Kier molecular flexibility index (Phi) is 4.20. The van der Waals surface area contributed by atoms with Gasteiger partial charge in [0.2, 0.25) is 0 Å². The van der Waals surface area contributed by atoms with Crippen LogP contribution in [-0.2, 0) is 11.1 Å². The van der Waals surface area contributed by atoms with Gasteiger partial charge in [-0.25, -0.2) is 4.79 Å². The Balaban J connectivity index is 2.94. The van der Waals surface area contributed by atoms with E-state index in [9.17, 15) is 4.79 Å². The zero-order chi connectivity index (χ0) is 10.6. The summed E-state index contributed by atoms with van der Waals surface area (Å²) < 4.78 is 5.78. The topological polar surface area (TPSA) is 26.3 Å². The van der Waals surface area contributed by atoms with Crippen molar-refractivity contribution in [1.82, 2.24) is 0 Å². The van der Waals surface area contributed by atoms with Crippen LogP contribution in [0.5, 0.6) is 0 Å². The number of hydrogen-bond acceptors (Lipinski definition) is 2. The Morgan fingerprint density at radius 3 is 2.86 bits per heavy atom. The van der Waals surface area contributed by atoms with Gasteiger partial charge in [0, 0.05) is 4.47 Å². The van der Waals surface area contributed by atoms with Gasteiger partial charge in [0.1, 0.15) is 0 Å². The van der Waals surface area contributed by atoms with Gasteiger partial charge in [0.15, 0.2) is 0 Å². The summed E-state index contributed by atoms with van der Waals surface area (Å²) in [5.41, 5.74) is 1.44. The summed E-state index contributed by atoms with van der Waals surface area (Å²) in [7, 11) is 5.51. The quantitative estimate of drug-likeness (QED) is 0.610. The molecule has 1 rings (SSSR count). The molecule has 0 unspecified atom stereocenters. The molecule has 0 atom stereocenters. The fourth-order valence-corrected chi connectivity index (χ4v) is 1.48. The van der Waals surface area contributed by atoms with Crippen molar-refractivity contribution in [3.8, 4) is 0 Å². The van der Waals surface area contributed by atoms with Gasteiger partial charge < -0.3 is 4.74 Å². The highest BCUT2D eigenvalue weighted by Crippen LogP contribution is 2.18. The number of carbonyl (C=O) groups is 1. The molecule has 1 aromatic rings. The summed E-state index contributed by atoms with van der Waals surface area (Å²) in [4.78, 5) is 11.3. The van der Waals surface area contributed by atoms with Crippen LogP contribution in [0.1, 0.15) is 22.8 Å². The summed E-state index contributed by atoms with van der Waals surface area (Å²) in [6.45, 7) is 2.16. The minimum absolute atomic E-state index is 0.310. The number of ether oxygens (including phenoxy) is 1. The predicted octanol–water partition coefficient (Wildman–Crippen LogP) is 2.29. The second kappa shape index (κ2) is 5.20. The lowest BCUT2D eigenvalue weighted by molar-refractivity contribution is 0.0526. The molecular formula is C10H10BBrO2. The van der Waals surface area contributed by atoms with E-state index in [1.165, 1.54) is 0 Å². The minimum atomic E-state index is -0.310. The molecule has 4 heteroatoms. The molecule has 0 aliphatic rings. The molecule has 1 aromatic carbocycles. The minimum Gasteiger partial charge on any atom is -0.462 e. The van der Waals surface area contributed by atoms with Crippen LogP contribution in [0.3, 0.4) is 0 Å². The number of carbonyl (C=O) groups excluding carboxylic acids is 1. The normalized spacial score (nSPS) is 9.86. The second-order valence-electron chi connectivity index (χ2n) is 2.73. The predicted molar refractivity (Wildman–Crippen MR) is 59.6 cm³/mol. The summed E-state index contributed by atoms with van der Waals surface area (Å²) >= 11 is 3.35. The molecule has 72 valence electrons. The van der Waals surface area contributed by atoms with Crippen LogP contribution in [0.4, 0.5) is 0 Å². The molecule has 2 radical (unpaired) electrons. The van der Waals surface area contributed by atoms with Crippen LogP contribution in [0.15, 0.2) is 22.7 Å².